The summed E-state index contributed by atoms with van der Waals surface area (Å²) >= 11 is 3.27. The molecule has 1 saturated carbocycles. The van der Waals surface area contributed by atoms with E-state index in [1.807, 2.05) is 12.1 Å². The zero-order chi connectivity index (χ0) is 11.8. The number of halogens is 2. The van der Waals surface area contributed by atoms with Crippen molar-refractivity contribution in [3.8, 4) is 0 Å². The minimum atomic E-state index is -0.130. The molecule has 88 valence electrons. The van der Waals surface area contributed by atoms with Crippen LogP contribution in [0, 0.1) is 17.2 Å². The van der Waals surface area contributed by atoms with Crippen LogP contribution in [0.1, 0.15) is 25.3 Å². The molecule has 3 heteroatoms. The molecule has 0 radical (unpaired) electrons. The van der Waals surface area contributed by atoms with Gasteiger partial charge in [-0.1, -0.05) is 28.9 Å². The van der Waals surface area contributed by atoms with Gasteiger partial charge < -0.3 is 5.73 Å². The van der Waals surface area contributed by atoms with Crippen LogP contribution >= 0.6 is 15.9 Å². The van der Waals surface area contributed by atoms with E-state index in [0.29, 0.717) is 12.5 Å². The van der Waals surface area contributed by atoms with E-state index in [4.69, 9.17) is 5.73 Å². The van der Waals surface area contributed by atoms with Gasteiger partial charge in [0.1, 0.15) is 5.82 Å². The first-order valence-corrected chi connectivity index (χ1v) is 6.48. The molecule has 1 aliphatic carbocycles. The maximum Gasteiger partial charge on any atom is 0.127 e. The van der Waals surface area contributed by atoms with Crippen LogP contribution in [-0.2, 0) is 6.42 Å². The van der Waals surface area contributed by atoms with Crippen LogP contribution in [0.2, 0.25) is 0 Å². The van der Waals surface area contributed by atoms with Gasteiger partial charge in [0.25, 0.3) is 0 Å². The predicted octanol–water partition coefficient (Wildman–Crippen LogP) is 3.51. The van der Waals surface area contributed by atoms with Gasteiger partial charge in [0, 0.05) is 4.47 Å². The number of nitrogens with two attached hydrogens (primary N) is 1. The highest BCUT2D eigenvalue weighted by Gasteiger charge is 2.40. The average Bonchev–Trinajstić information content (AvgIpc) is 3.06. The fourth-order valence-electron chi connectivity index (χ4n) is 2.26. The van der Waals surface area contributed by atoms with Crippen molar-refractivity contribution in [2.75, 3.05) is 6.54 Å². The topological polar surface area (TPSA) is 26.0 Å². The fraction of sp³-hybridized carbons (Fsp3) is 0.538. The first-order valence-electron chi connectivity index (χ1n) is 5.69. The number of hydrogen-bond acceptors (Lipinski definition) is 1. The summed E-state index contributed by atoms with van der Waals surface area (Å²) < 4.78 is 14.5. The highest BCUT2D eigenvalue weighted by Crippen LogP contribution is 2.46. The van der Waals surface area contributed by atoms with Crippen LogP contribution in [0.5, 0.6) is 0 Å². The molecule has 0 spiro atoms. The number of hydrogen-bond donors (Lipinski definition) is 1. The molecule has 1 aromatic rings. The minimum absolute atomic E-state index is 0.0642. The summed E-state index contributed by atoms with van der Waals surface area (Å²) in [6.07, 6.45) is 3.23. The lowest BCUT2D eigenvalue weighted by atomic mass is 9.79. The van der Waals surface area contributed by atoms with E-state index in [1.54, 1.807) is 0 Å². The van der Waals surface area contributed by atoms with Gasteiger partial charge in [-0.15, -0.1) is 0 Å². The quantitative estimate of drug-likeness (QED) is 0.900. The standard InChI is InChI=1S/C13H17BrFN/c1-13(8-16,10-3-4-10)7-9-2-5-11(14)6-12(9)15/h2,5-6,10H,3-4,7-8,16H2,1H3. The first kappa shape index (κ1) is 12.1. The smallest absolute Gasteiger partial charge is 0.127 e. The molecule has 2 N–H and O–H groups in total. The van der Waals surface area contributed by atoms with E-state index in [1.165, 1.54) is 18.9 Å². The van der Waals surface area contributed by atoms with Gasteiger partial charge in [-0.2, -0.15) is 0 Å². The Labute approximate surface area is 104 Å². The van der Waals surface area contributed by atoms with E-state index >= 15 is 0 Å². The molecule has 0 amide bonds. The number of rotatable bonds is 4. The first-order chi connectivity index (χ1) is 7.55. The van der Waals surface area contributed by atoms with Crippen molar-refractivity contribution in [1.29, 1.82) is 0 Å². The SMILES string of the molecule is CC(CN)(Cc1ccc(Br)cc1F)C1CC1. The highest BCUT2D eigenvalue weighted by molar-refractivity contribution is 9.10. The molecule has 0 bridgehead atoms. The Hall–Kier alpha value is -0.410. The Kier molecular flexibility index (Phi) is 3.36. The summed E-state index contributed by atoms with van der Waals surface area (Å²) in [4.78, 5) is 0. The van der Waals surface area contributed by atoms with E-state index in [0.717, 1.165) is 16.5 Å². The van der Waals surface area contributed by atoms with Gasteiger partial charge in [-0.25, -0.2) is 4.39 Å². The lowest BCUT2D eigenvalue weighted by Gasteiger charge is -2.28. The highest BCUT2D eigenvalue weighted by atomic mass is 79.9. The maximum absolute atomic E-state index is 13.7. The molecule has 1 nitrogen and oxygen atoms in total. The second kappa shape index (κ2) is 4.46. The zero-order valence-corrected chi connectivity index (χ0v) is 11.1. The van der Waals surface area contributed by atoms with Crippen LogP contribution in [0.15, 0.2) is 22.7 Å². The van der Waals surface area contributed by atoms with Crippen LogP contribution in [0.3, 0.4) is 0 Å². The lowest BCUT2D eigenvalue weighted by molar-refractivity contribution is 0.278. The van der Waals surface area contributed by atoms with Crippen LogP contribution < -0.4 is 5.73 Å². The lowest BCUT2D eigenvalue weighted by Crippen LogP contribution is -2.32. The Balaban J connectivity index is 2.18. The largest absolute Gasteiger partial charge is 0.330 e. The van der Waals surface area contributed by atoms with Gasteiger partial charge in [0.05, 0.1) is 0 Å². The zero-order valence-electron chi connectivity index (χ0n) is 9.47. The molecule has 1 unspecified atom stereocenters. The van der Waals surface area contributed by atoms with Crippen LogP contribution in [0.25, 0.3) is 0 Å². The summed E-state index contributed by atoms with van der Waals surface area (Å²) in [5.74, 6) is 0.551. The third-order valence-corrected chi connectivity index (χ3v) is 4.13. The molecule has 2 rings (SSSR count). The maximum atomic E-state index is 13.7. The molecular weight excluding hydrogens is 269 g/mol. The Bertz CT molecular complexity index is 390. The molecule has 1 fully saturated rings. The van der Waals surface area contributed by atoms with Gasteiger partial charge >= 0.3 is 0 Å². The second-order valence-electron chi connectivity index (χ2n) is 5.04. The Morgan fingerprint density at radius 2 is 2.19 bits per heavy atom. The summed E-state index contributed by atoms with van der Waals surface area (Å²) in [5, 5.41) is 0. The van der Waals surface area contributed by atoms with Crippen LogP contribution in [-0.4, -0.2) is 6.54 Å². The van der Waals surface area contributed by atoms with Crippen molar-refractivity contribution in [1.82, 2.24) is 0 Å². The molecule has 1 aliphatic rings. The molecule has 16 heavy (non-hydrogen) atoms. The van der Waals surface area contributed by atoms with Gasteiger partial charge in [-0.05, 0) is 54.8 Å². The molecule has 1 aromatic carbocycles. The van der Waals surface area contributed by atoms with Crippen LogP contribution in [0.4, 0.5) is 4.39 Å². The molecular formula is C13H17BrFN. The number of benzene rings is 1. The third-order valence-electron chi connectivity index (χ3n) is 3.64. The molecule has 0 saturated heterocycles. The predicted molar refractivity (Wildman–Crippen MR) is 67.7 cm³/mol. The van der Waals surface area contributed by atoms with E-state index in [9.17, 15) is 4.39 Å². The van der Waals surface area contributed by atoms with Gasteiger partial charge in [0.2, 0.25) is 0 Å². The molecule has 0 heterocycles. The van der Waals surface area contributed by atoms with E-state index in [-0.39, 0.29) is 11.2 Å². The second-order valence-corrected chi connectivity index (χ2v) is 5.96. The normalized spacial score (nSPS) is 19.5. The van der Waals surface area contributed by atoms with Crippen molar-refractivity contribution in [3.63, 3.8) is 0 Å². The third kappa shape index (κ3) is 2.46. The summed E-state index contributed by atoms with van der Waals surface area (Å²) in [6.45, 7) is 2.80. The van der Waals surface area contributed by atoms with Crippen molar-refractivity contribution in [2.45, 2.75) is 26.2 Å². The van der Waals surface area contributed by atoms with E-state index in [2.05, 4.69) is 22.9 Å². The fourth-order valence-corrected chi connectivity index (χ4v) is 2.60. The van der Waals surface area contributed by atoms with Crippen molar-refractivity contribution < 1.29 is 4.39 Å². The monoisotopic (exact) mass is 285 g/mol. The Morgan fingerprint density at radius 1 is 1.50 bits per heavy atom. The van der Waals surface area contributed by atoms with Crippen molar-refractivity contribution in [2.24, 2.45) is 17.1 Å². The van der Waals surface area contributed by atoms with Gasteiger partial charge in [0.15, 0.2) is 0 Å². The van der Waals surface area contributed by atoms with Crippen molar-refractivity contribution >= 4 is 15.9 Å². The molecule has 0 aromatic heterocycles. The minimum Gasteiger partial charge on any atom is -0.330 e. The summed E-state index contributed by atoms with van der Waals surface area (Å²) in [7, 11) is 0. The van der Waals surface area contributed by atoms with Crippen molar-refractivity contribution in [3.05, 3.63) is 34.1 Å². The van der Waals surface area contributed by atoms with Gasteiger partial charge in [-0.3, -0.25) is 0 Å². The average molecular weight is 286 g/mol. The molecule has 1 atom stereocenters. The molecule has 0 aliphatic heterocycles. The Morgan fingerprint density at radius 3 is 2.69 bits per heavy atom. The summed E-state index contributed by atoms with van der Waals surface area (Å²) in [5.41, 5.74) is 6.69. The summed E-state index contributed by atoms with van der Waals surface area (Å²) in [6, 6.07) is 5.27. The van der Waals surface area contributed by atoms with E-state index < -0.39 is 0 Å².